The van der Waals surface area contributed by atoms with E-state index in [1.165, 1.54) is 0 Å². The van der Waals surface area contributed by atoms with Crippen LogP contribution in [-0.4, -0.2) is 60.1 Å². The summed E-state index contributed by atoms with van der Waals surface area (Å²) in [6.07, 6.45) is 2.37. The Hall–Kier alpha value is -1.49. The van der Waals surface area contributed by atoms with Crippen molar-refractivity contribution in [3.63, 3.8) is 0 Å². The first-order chi connectivity index (χ1) is 9.15. The van der Waals surface area contributed by atoms with Gasteiger partial charge in [-0.1, -0.05) is 13.0 Å². The maximum absolute atomic E-state index is 12.0. The molecular weight excluding hydrogens is 240 g/mol. The first-order valence-corrected chi connectivity index (χ1v) is 6.91. The summed E-state index contributed by atoms with van der Waals surface area (Å²) >= 11 is 0. The molecule has 0 N–H and O–H groups in total. The van der Waals surface area contributed by atoms with Crippen LogP contribution in [0.15, 0.2) is 22.6 Å². The molecule has 19 heavy (non-hydrogen) atoms. The van der Waals surface area contributed by atoms with Gasteiger partial charge in [0.1, 0.15) is 0 Å². The average Bonchev–Trinajstić information content (AvgIpc) is 2.43. The molecule has 1 amide bonds. The molecule has 104 valence electrons. The molecule has 0 aromatic rings. The number of guanidine groups is 1. The summed E-state index contributed by atoms with van der Waals surface area (Å²) in [7, 11) is 0. The molecule has 2 aliphatic heterocycles. The first kappa shape index (κ1) is 13.9. The summed E-state index contributed by atoms with van der Waals surface area (Å²) in [4.78, 5) is 25.2. The Kier molecular flexibility index (Phi) is 4.47. The Morgan fingerprint density at radius 3 is 2.53 bits per heavy atom. The third kappa shape index (κ3) is 3.10. The van der Waals surface area contributed by atoms with Gasteiger partial charge in [-0.05, 0) is 19.9 Å². The van der Waals surface area contributed by atoms with Crippen molar-refractivity contribution in [3.8, 4) is 0 Å². The zero-order valence-electron chi connectivity index (χ0n) is 11.8. The summed E-state index contributed by atoms with van der Waals surface area (Å²) in [5.74, 6) is 0.303. The van der Waals surface area contributed by atoms with Crippen LogP contribution < -0.4 is 0 Å². The van der Waals surface area contributed by atoms with E-state index in [1.54, 1.807) is 6.08 Å². The molecule has 0 aromatic heterocycles. The third-order valence-corrected chi connectivity index (χ3v) is 3.79. The molecule has 0 bridgehead atoms. The number of piperazine rings is 1. The topological polar surface area (TPSA) is 48.3 Å². The van der Waals surface area contributed by atoms with Gasteiger partial charge >= 0.3 is 0 Å². The number of likely N-dealkylation sites (N-methyl/N-ethyl adjacent to an activating group) is 1. The molecular formula is C14H22N4O. The Labute approximate surface area is 114 Å². The maximum Gasteiger partial charge on any atom is 0.258 e. The van der Waals surface area contributed by atoms with Gasteiger partial charge in [-0.15, -0.1) is 6.58 Å². The minimum absolute atomic E-state index is 0.0830. The van der Waals surface area contributed by atoms with Gasteiger partial charge < -0.3 is 9.80 Å². The average molecular weight is 262 g/mol. The van der Waals surface area contributed by atoms with E-state index in [0.717, 1.165) is 38.4 Å². The van der Waals surface area contributed by atoms with Crippen molar-refractivity contribution in [2.75, 3.05) is 32.7 Å². The number of carbonyl (C=O) groups excluding carboxylic acids is 1. The largest absolute Gasteiger partial charge is 0.338 e. The lowest BCUT2D eigenvalue weighted by molar-refractivity contribution is -0.119. The number of hydrogen-bond donors (Lipinski definition) is 0. The van der Waals surface area contributed by atoms with Crippen molar-refractivity contribution >= 4 is 17.6 Å². The lowest BCUT2D eigenvalue weighted by Gasteiger charge is -2.35. The molecule has 5 nitrogen and oxygen atoms in total. The Bertz CT molecular complexity index is 419. The molecule has 2 rings (SSSR count). The summed E-state index contributed by atoms with van der Waals surface area (Å²) in [5.41, 5.74) is 0.854. The van der Waals surface area contributed by atoms with Gasteiger partial charge in [0, 0.05) is 31.9 Å². The second kappa shape index (κ2) is 6.10. The van der Waals surface area contributed by atoms with Crippen molar-refractivity contribution in [1.82, 2.24) is 9.80 Å². The highest BCUT2D eigenvalue weighted by Crippen LogP contribution is 2.16. The molecule has 2 heterocycles. The van der Waals surface area contributed by atoms with Gasteiger partial charge in [0.15, 0.2) is 0 Å². The molecule has 1 atom stereocenters. The van der Waals surface area contributed by atoms with Crippen LogP contribution in [0.1, 0.15) is 20.3 Å². The highest BCUT2D eigenvalue weighted by atomic mass is 16.1. The van der Waals surface area contributed by atoms with E-state index >= 15 is 0 Å². The molecule has 1 saturated heterocycles. The van der Waals surface area contributed by atoms with Gasteiger partial charge in [-0.2, -0.15) is 4.99 Å². The van der Waals surface area contributed by atoms with E-state index in [0.29, 0.717) is 12.4 Å². The summed E-state index contributed by atoms with van der Waals surface area (Å²) in [6, 6.07) is 0. The third-order valence-electron chi connectivity index (χ3n) is 3.79. The van der Waals surface area contributed by atoms with Crippen molar-refractivity contribution in [3.05, 3.63) is 12.7 Å². The molecule has 5 heteroatoms. The van der Waals surface area contributed by atoms with Gasteiger partial charge in [-0.3, -0.25) is 4.79 Å². The van der Waals surface area contributed by atoms with E-state index in [-0.39, 0.29) is 11.8 Å². The lowest BCUT2D eigenvalue weighted by Crippen LogP contribution is -2.49. The normalized spacial score (nSPS) is 25.1. The van der Waals surface area contributed by atoms with Crippen molar-refractivity contribution < 1.29 is 4.79 Å². The Morgan fingerprint density at radius 1 is 1.32 bits per heavy atom. The second-order valence-corrected chi connectivity index (χ2v) is 5.00. The van der Waals surface area contributed by atoms with Crippen molar-refractivity contribution in [1.29, 1.82) is 0 Å². The minimum Gasteiger partial charge on any atom is -0.338 e. The zero-order chi connectivity index (χ0) is 13.8. The Balaban J connectivity index is 2.05. The van der Waals surface area contributed by atoms with E-state index < -0.39 is 0 Å². The predicted octanol–water partition coefficient (Wildman–Crippen LogP) is 1.17. The molecule has 0 aromatic carbocycles. The van der Waals surface area contributed by atoms with Crippen molar-refractivity contribution in [2.24, 2.45) is 15.9 Å². The van der Waals surface area contributed by atoms with Crippen LogP contribution in [0.5, 0.6) is 0 Å². The first-order valence-electron chi connectivity index (χ1n) is 6.91. The van der Waals surface area contributed by atoms with Gasteiger partial charge in [0.2, 0.25) is 5.96 Å². The van der Waals surface area contributed by atoms with Crippen molar-refractivity contribution in [2.45, 2.75) is 20.3 Å². The second-order valence-electron chi connectivity index (χ2n) is 5.00. The molecule has 0 aliphatic carbocycles. The number of allylic oxidation sites excluding steroid dienone is 1. The van der Waals surface area contributed by atoms with Crippen LogP contribution in [0.25, 0.3) is 0 Å². The quantitative estimate of drug-likeness (QED) is 0.717. The van der Waals surface area contributed by atoms with Gasteiger partial charge in [0.25, 0.3) is 5.91 Å². The van der Waals surface area contributed by atoms with Crippen LogP contribution in [0.3, 0.4) is 0 Å². The molecule has 0 saturated carbocycles. The number of carbonyl (C=O) groups is 1. The van der Waals surface area contributed by atoms with Crippen LogP contribution >= 0.6 is 0 Å². The molecule has 0 spiro atoms. The number of hydrogen-bond acceptors (Lipinski definition) is 4. The highest BCUT2D eigenvalue weighted by molar-refractivity contribution is 6.14. The molecule has 0 radical (unpaired) electrons. The SMILES string of the molecule is C=CCC1C(=O)N=C(N2CCN(CC)CC2)N=C1C. The highest BCUT2D eigenvalue weighted by Gasteiger charge is 2.28. The fraction of sp³-hybridized carbons (Fsp3) is 0.643. The standard InChI is InChI=1S/C14H22N4O/c1-4-6-12-11(3)15-14(16-13(12)19)18-9-7-17(5-2)8-10-18/h4,12H,1,5-10H2,2-3H3. The Morgan fingerprint density at radius 2 is 2.00 bits per heavy atom. The maximum atomic E-state index is 12.0. The lowest BCUT2D eigenvalue weighted by atomic mass is 9.99. The molecule has 1 unspecified atom stereocenters. The van der Waals surface area contributed by atoms with E-state index in [9.17, 15) is 4.79 Å². The molecule has 1 fully saturated rings. The van der Waals surface area contributed by atoms with Crippen LogP contribution in [0.2, 0.25) is 0 Å². The van der Waals surface area contributed by atoms with Gasteiger partial charge in [-0.25, -0.2) is 4.99 Å². The fourth-order valence-electron chi connectivity index (χ4n) is 2.46. The number of aliphatic imine (C=N–C) groups is 2. The predicted molar refractivity (Wildman–Crippen MR) is 77.5 cm³/mol. The molecule has 2 aliphatic rings. The number of amides is 1. The monoisotopic (exact) mass is 262 g/mol. The van der Waals surface area contributed by atoms with E-state index in [1.807, 2.05) is 6.92 Å². The number of nitrogens with zero attached hydrogens (tertiary/aromatic N) is 4. The number of rotatable bonds is 3. The summed E-state index contributed by atoms with van der Waals surface area (Å²) < 4.78 is 0. The zero-order valence-corrected chi connectivity index (χ0v) is 11.8. The summed E-state index contributed by atoms with van der Waals surface area (Å²) in [5, 5.41) is 0. The van der Waals surface area contributed by atoms with Crippen LogP contribution in [0, 0.1) is 5.92 Å². The van der Waals surface area contributed by atoms with Crippen LogP contribution in [-0.2, 0) is 4.79 Å². The van der Waals surface area contributed by atoms with E-state index in [4.69, 9.17) is 0 Å². The summed E-state index contributed by atoms with van der Waals surface area (Å²) in [6.45, 7) is 12.6. The van der Waals surface area contributed by atoms with Crippen LogP contribution in [0.4, 0.5) is 0 Å². The minimum atomic E-state index is -0.210. The van der Waals surface area contributed by atoms with E-state index in [2.05, 4.69) is 33.3 Å². The van der Waals surface area contributed by atoms with Gasteiger partial charge in [0.05, 0.1) is 5.92 Å². The smallest absolute Gasteiger partial charge is 0.258 e. The fourth-order valence-corrected chi connectivity index (χ4v) is 2.46.